The standard InChI is InChI=1S/C20H13ClO4/c21-16-4-2-1-3-11(16)9-12-5-7-14-18(22)15-10-13(20(23)24)6-8-17(15)25-19(12)14/h1-4,6,8-10H,5,7H2,(H,23,24). The number of benzene rings is 2. The molecule has 124 valence electrons. The first-order valence-electron chi connectivity index (χ1n) is 7.83. The molecule has 0 fully saturated rings. The van der Waals surface area contributed by atoms with Crippen LogP contribution in [-0.4, -0.2) is 11.1 Å². The zero-order chi connectivity index (χ0) is 17.6. The number of carboxylic acid groups (broad SMARTS) is 1. The van der Waals surface area contributed by atoms with Crippen LogP contribution in [0.5, 0.6) is 0 Å². The lowest BCUT2D eigenvalue weighted by Gasteiger charge is -2.05. The molecule has 0 radical (unpaired) electrons. The second kappa shape index (κ2) is 5.90. The highest BCUT2D eigenvalue weighted by molar-refractivity contribution is 6.32. The van der Waals surface area contributed by atoms with Gasteiger partial charge < -0.3 is 9.52 Å². The van der Waals surface area contributed by atoms with E-state index in [1.54, 1.807) is 0 Å². The molecule has 0 unspecified atom stereocenters. The van der Waals surface area contributed by atoms with Gasteiger partial charge in [-0.3, -0.25) is 4.79 Å². The molecule has 1 aromatic heterocycles. The quantitative estimate of drug-likeness (QED) is 0.730. The summed E-state index contributed by atoms with van der Waals surface area (Å²) < 4.78 is 5.94. The molecule has 1 N–H and O–H groups in total. The molecule has 0 saturated heterocycles. The van der Waals surface area contributed by atoms with Crippen molar-refractivity contribution in [1.82, 2.24) is 0 Å². The minimum absolute atomic E-state index is 0.0737. The molecule has 0 atom stereocenters. The van der Waals surface area contributed by atoms with Crippen molar-refractivity contribution in [1.29, 1.82) is 0 Å². The van der Waals surface area contributed by atoms with Crippen LogP contribution >= 0.6 is 11.6 Å². The Labute approximate surface area is 148 Å². The van der Waals surface area contributed by atoms with Crippen molar-refractivity contribution < 1.29 is 14.3 Å². The number of carboxylic acids is 1. The first-order chi connectivity index (χ1) is 12.0. The van der Waals surface area contributed by atoms with E-state index in [9.17, 15) is 9.59 Å². The lowest BCUT2D eigenvalue weighted by atomic mass is 10.1. The van der Waals surface area contributed by atoms with E-state index in [-0.39, 0.29) is 11.0 Å². The molecule has 0 bridgehead atoms. The van der Waals surface area contributed by atoms with Crippen LogP contribution < -0.4 is 5.43 Å². The van der Waals surface area contributed by atoms with Gasteiger partial charge in [-0.1, -0.05) is 29.8 Å². The number of allylic oxidation sites excluding steroid dienone is 1. The minimum Gasteiger partial charge on any atom is -0.478 e. The van der Waals surface area contributed by atoms with Gasteiger partial charge in [0.15, 0.2) is 5.43 Å². The van der Waals surface area contributed by atoms with E-state index in [1.807, 2.05) is 30.3 Å². The Morgan fingerprint density at radius 2 is 1.96 bits per heavy atom. The number of hydrogen-bond donors (Lipinski definition) is 1. The third kappa shape index (κ3) is 2.65. The van der Waals surface area contributed by atoms with E-state index < -0.39 is 5.97 Å². The molecule has 1 aliphatic carbocycles. The Kier molecular flexibility index (Phi) is 3.70. The number of halogens is 1. The Hall–Kier alpha value is -2.85. The summed E-state index contributed by atoms with van der Waals surface area (Å²) in [7, 11) is 0. The van der Waals surface area contributed by atoms with Gasteiger partial charge in [0.2, 0.25) is 0 Å². The van der Waals surface area contributed by atoms with Gasteiger partial charge in [-0.25, -0.2) is 4.79 Å². The lowest BCUT2D eigenvalue weighted by Crippen LogP contribution is -2.09. The van der Waals surface area contributed by atoms with E-state index >= 15 is 0 Å². The van der Waals surface area contributed by atoms with Gasteiger partial charge in [0.05, 0.1) is 10.9 Å². The Morgan fingerprint density at radius 1 is 1.16 bits per heavy atom. The first-order valence-corrected chi connectivity index (χ1v) is 8.21. The number of hydrogen-bond acceptors (Lipinski definition) is 3. The van der Waals surface area contributed by atoms with Gasteiger partial charge in [0, 0.05) is 10.6 Å². The molecule has 4 nitrogen and oxygen atoms in total. The van der Waals surface area contributed by atoms with Crippen LogP contribution in [0.4, 0.5) is 0 Å². The highest BCUT2D eigenvalue weighted by Crippen LogP contribution is 2.35. The van der Waals surface area contributed by atoms with Crippen molar-refractivity contribution in [3.63, 3.8) is 0 Å². The molecule has 1 aliphatic rings. The van der Waals surface area contributed by atoms with E-state index in [1.165, 1.54) is 18.2 Å². The lowest BCUT2D eigenvalue weighted by molar-refractivity contribution is 0.0697. The van der Waals surface area contributed by atoms with Gasteiger partial charge in [-0.2, -0.15) is 0 Å². The molecule has 0 amide bonds. The number of fused-ring (bicyclic) bond motifs is 2. The van der Waals surface area contributed by atoms with Gasteiger partial charge in [-0.15, -0.1) is 0 Å². The third-order valence-corrected chi connectivity index (χ3v) is 4.75. The molecule has 0 saturated carbocycles. The summed E-state index contributed by atoms with van der Waals surface area (Å²) in [5, 5.41) is 10.0. The Bertz CT molecular complexity index is 1110. The van der Waals surface area contributed by atoms with Crippen LogP contribution in [0.25, 0.3) is 22.6 Å². The van der Waals surface area contributed by atoms with Crippen LogP contribution in [0.1, 0.15) is 33.7 Å². The van der Waals surface area contributed by atoms with Crippen LogP contribution in [0.3, 0.4) is 0 Å². The van der Waals surface area contributed by atoms with Gasteiger partial charge >= 0.3 is 5.97 Å². The maximum Gasteiger partial charge on any atom is 0.335 e. The molecule has 0 aliphatic heterocycles. The first kappa shape index (κ1) is 15.7. The number of aromatic carboxylic acids is 1. The van der Waals surface area contributed by atoms with Crippen molar-refractivity contribution in [3.8, 4) is 0 Å². The van der Waals surface area contributed by atoms with E-state index in [0.717, 1.165) is 11.1 Å². The molecule has 3 aromatic rings. The highest BCUT2D eigenvalue weighted by Gasteiger charge is 2.24. The Morgan fingerprint density at radius 3 is 2.72 bits per heavy atom. The SMILES string of the molecule is O=C(O)c1ccc2oc3c(c(=O)c2c1)CCC3=Cc1ccccc1Cl. The predicted molar refractivity (Wildman–Crippen MR) is 97.1 cm³/mol. The molecule has 1 heterocycles. The maximum atomic E-state index is 12.8. The molecule has 4 rings (SSSR count). The molecular weight excluding hydrogens is 340 g/mol. The number of rotatable bonds is 2. The van der Waals surface area contributed by atoms with E-state index in [4.69, 9.17) is 21.1 Å². The van der Waals surface area contributed by atoms with Crippen LogP contribution in [0.15, 0.2) is 51.7 Å². The second-order valence-electron chi connectivity index (χ2n) is 5.95. The second-order valence-corrected chi connectivity index (χ2v) is 6.35. The summed E-state index contributed by atoms with van der Waals surface area (Å²) in [4.78, 5) is 23.9. The largest absolute Gasteiger partial charge is 0.478 e. The zero-order valence-electron chi connectivity index (χ0n) is 13.1. The van der Waals surface area contributed by atoms with Crippen molar-refractivity contribution in [3.05, 3.63) is 80.2 Å². The highest BCUT2D eigenvalue weighted by atomic mass is 35.5. The van der Waals surface area contributed by atoms with Crippen molar-refractivity contribution in [2.75, 3.05) is 0 Å². The van der Waals surface area contributed by atoms with Gasteiger partial charge in [0.25, 0.3) is 0 Å². The van der Waals surface area contributed by atoms with Gasteiger partial charge in [0.1, 0.15) is 11.3 Å². The van der Waals surface area contributed by atoms with E-state index in [0.29, 0.717) is 40.2 Å². The van der Waals surface area contributed by atoms with Crippen molar-refractivity contribution >= 4 is 40.2 Å². The summed E-state index contributed by atoms with van der Waals surface area (Å²) in [6.45, 7) is 0. The van der Waals surface area contributed by atoms with Crippen molar-refractivity contribution in [2.45, 2.75) is 12.8 Å². The van der Waals surface area contributed by atoms with Gasteiger partial charge in [-0.05, 0) is 54.3 Å². The third-order valence-electron chi connectivity index (χ3n) is 4.40. The average Bonchev–Trinajstić information content (AvgIpc) is 3.00. The summed E-state index contributed by atoms with van der Waals surface area (Å²) in [5.74, 6) is -0.499. The summed E-state index contributed by atoms with van der Waals surface area (Å²) in [6, 6.07) is 11.8. The molecule has 2 aromatic carbocycles. The molecule has 0 spiro atoms. The smallest absolute Gasteiger partial charge is 0.335 e. The molecule has 5 heteroatoms. The fraction of sp³-hybridized carbons (Fsp3) is 0.100. The fourth-order valence-corrected chi connectivity index (χ4v) is 3.33. The zero-order valence-corrected chi connectivity index (χ0v) is 13.8. The molecular formula is C20H13ClO4. The summed E-state index contributed by atoms with van der Waals surface area (Å²) in [5.41, 5.74) is 2.68. The summed E-state index contributed by atoms with van der Waals surface area (Å²) in [6.07, 6.45) is 3.19. The van der Waals surface area contributed by atoms with Crippen molar-refractivity contribution in [2.24, 2.45) is 0 Å². The summed E-state index contributed by atoms with van der Waals surface area (Å²) >= 11 is 6.21. The van der Waals surface area contributed by atoms with E-state index in [2.05, 4.69) is 0 Å². The topological polar surface area (TPSA) is 67.5 Å². The maximum absolute atomic E-state index is 12.8. The average molecular weight is 353 g/mol. The normalized spacial score (nSPS) is 14.8. The van der Waals surface area contributed by atoms with Crippen LogP contribution in [-0.2, 0) is 6.42 Å². The predicted octanol–water partition coefficient (Wildman–Crippen LogP) is 4.63. The van der Waals surface area contributed by atoms with Crippen LogP contribution in [0.2, 0.25) is 5.02 Å². The molecule has 25 heavy (non-hydrogen) atoms. The monoisotopic (exact) mass is 352 g/mol. The van der Waals surface area contributed by atoms with Crippen LogP contribution in [0, 0.1) is 0 Å². The Balaban J connectivity index is 1.90. The minimum atomic E-state index is -1.07. The fourth-order valence-electron chi connectivity index (χ4n) is 3.14. The number of carbonyl (C=O) groups is 1.